The van der Waals surface area contributed by atoms with Crippen molar-refractivity contribution in [2.24, 2.45) is 5.73 Å². The summed E-state index contributed by atoms with van der Waals surface area (Å²) in [5, 5.41) is 9.43. The van der Waals surface area contributed by atoms with E-state index in [1.54, 1.807) is 0 Å². The van der Waals surface area contributed by atoms with Gasteiger partial charge in [-0.1, -0.05) is 18.2 Å². The largest absolute Gasteiger partial charge is 0.392 e. The first-order valence-corrected chi connectivity index (χ1v) is 5.43. The number of anilines is 1. The van der Waals surface area contributed by atoms with Crippen molar-refractivity contribution in [1.29, 1.82) is 0 Å². The fourth-order valence-corrected chi connectivity index (χ4v) is 2.21. The summed E-state index contributed by atoms with van der Waals surface area (Å²) in [6.45, 7) is 3.30. The van der Waals surface area contributed by atoms with Gasteiger partial charge in [-0.15, -0.1) is 0 Å². The molecule has 1 aliphatic rings. The minimum atomic E-state index is -0.316. The molecule has 0 amide bonds. The first kappa shape index (κ1) is 10.5. The number of aliphatic hydroxyl groups is 1. The molecule has 1 aliphatic heterocycles. The second kappa shape index (κ2) is 4.21. The number of para-hydroxylation sites is 1. The fourth-order valence-electron chi connectivity index (χ4n) is 2.21. The topological polar surface area (TPSA) is 49.5 Å². The third kappa shape index (κ3) is 2.30. The zero-order chi connectivity index (χ0) is 10.8. The smallest absolute Gasteiger partial charge is 0.0687 e. The number of rotatable bonds is 2. The summed E-state index contributed by atoms with van der Waals surface area (Å²) in [4.78, 5) is 2.17. The third-order valence-electron chi connectivity index (χ3n) is 2.75. The van der Waals surface area contributed by atoms with Crippen LogP contribution in [0.1, 0.15) is 12.5 Å². The molecule has 0 bridgehead atoms. The molecule has 1 aromatic rings. The van der Waals surface area contributed by atoms with E-state index in [4.69, 9.17) is 5.73 Å². The Labute approximate surface area is 90.5 Å². The second-order valence-electron chi connectivity index (χ2n) is 4.35. The summed E-state index contributed by atoms with van der Waals surface area (Å²) in [5.74, 6) is 0. The molecule has 2 atom stereocenters. The van der Waals surface area contributed by atoms with Gasteiger partial charge in [-0.25, -0.2) is 0 Å². The molecule has 3 nitrogen and oxygen atoms in total. The van der Waals surface area contributed by atoms with Crippen LogP contribution in [0.4, 0.5) is 5.69 Å². The Bertz CT molecular complexity index is 338. The van der Waals surface area contributed by atoms with Gasteiger partial charge in [0, 0.05) is 24.8 Å². The van der Waals surface area contributed by atoms with E-state index in [0.29, 0.717) is 6.54 Å². The second-order valence-corrected chi connectivity index (χ2v) is 4.35. The van der Waals surface area contributed by atoms with Crippen molar-refractivity contribution in [3.8, 4) is 0 Å². The van der Waals surface area contributed by atoms with E-state index in [1.807, 2.05) is 19.1 Å². The Balaban J connectivity index is 2.26. The zero-order valence-corrected chi connectivity index (χ0v) is 9.06. The van der Waals surface area contributed by atoms with Gasteiger partial charge in [-0.2, -0.15) is 0 Å². The minimum absolute atomic E-state index is 0.179. The van der Waals surface area contributed by atoms with Crippen molar-refractivity contribution in [3.05, 3.63) is 29.8 Å². The molecule has 1 unspecified atom stereocenters. The predicted octanol–water partition coefficient (Wildman–Crippen LogP) is 0.757. The predicted molar refractivity (Wildman–Crippen MR) is 62.0 cm³/mol. The molecule has 3 N–H and O–H groups in total. The Kier molecular flexibility index (Phi) is 2.93. The van der Waals surface area contributed by atoms with Gasteiger partial charge in [0.05, 0.1) is 6.10 Å². The van der Waals surface area contributed by atoms with Crippen LogP contribution in [0.2, 0.25) is 0 Å². The van der Waals surface area contributed by atoms with E-state index in [0.717, 1.165) is 13.0 Å². The lowest BCUT2D eigenvalue weighted by atomic mass is 9.98. The van der Waals surface area contributed by atoms with Gasteiger partial charge in [-0.3, -0.25) is 0 Å². The first-order valence-electron chi connectivity index (χ1n) is 5.43. The highest BCUT2D eigenvalue weighted by atomic mass is 16.3. The van der Waals surface area contributed by atoms with E-state index in [1.165, 1.54) is 11.3 Å². The molecule has 1 aromatic carbocycles. The van der Waals surface area contributed by atoms with Crippen LogP contribution in [0.25, 0.3) is 0 Å². The Morgan fingerprint density at radius 1 is 1.53 bits per heavy atom. The van der Waals surface area contributed by atoms with Crippen LogP contribution in [-0.2, 0) is 6.42 Å². The van der Waals surface area contributed by atoms with E-state index in [-0.39, 0.29) is 12.1 Å². The summed E-state index contributed by atoms with van der Waals surface area (Å²) < 4.78 is 0. The van der Waals surface area contributed by atoms with Gasteiger partial charge in [0.15, 0.2) is 0 Å². The third-order valence-corrected chi connectivity index (χ3v) is 2.75. The maximum atomic E-state index is 9.43. The lowest BCUT2D eigenvalue weighted by Gasteiger charge is -2.35. The monoisotopic (exact) mass is 206 g/mol. The van der Waals surface area contributed by atoms with Crippen molar-refractivity contribution < 1.29 is 5.11 Å². The van der Waals surface area contributed by atoms with Crippen molar-refractivity contribution in [3.63, 3.8) is 0 Å². The van der Waals surface area contributed by atoms with E-state index in [9.17, 15) is 5.11 Å². The van der Waals surface area contributed by atoms with Crippen molar-refractivity contribution in [1.82, 2.24) is 0 Å². The van der Waals surface area contributed by atoms with Crippen molar-refractivity contribution in [2.45, 2.75) is 25.5 Å². The molecular weight excluding hydrogens is 188 g/mol. The lowest BCUT2D eigenvalue weighted by molar-refractivity contribution is 0.199. The summed E-state index contributed by atoms with van der Waals surface area (Å²) in [6, 6.07) is 8.47. The number of β-amino-alcohol motifs (C(OH)–C–C–N with tert-alkyl or cyclic N) is 1. The van der Waals surface area contributed by atoms with Crippen LogP contribution < -0.4 is 10.6 Å². The molecule has 2 rings (SSSR count). The Morgan fingerprint density at radius 3 is 3.00 bits per heavy atom. The van der Waals surface area contributed by atoms with Crippen LogP contribution in [0.5, 0.6) is 0 Å². The number of nitrogens with zero attached hydrogens (tertiary/aromatic N) is 1. The number of hydrogen-bond acceptors (Lipinski definition) is 3. The van der Waals surface area contributed by atoms with Crippen LogP contribution in [0, 0.1) is 0 Å². The minimum Gasteiger partial charge on any atom is -0.392 e. The Morgan fingerprint density at radius 2 is 2.27 bits per heavy atom. The lowest BCUT2D eigenvalue weighted by Crippen LogP contribution is -2.45. The molecule has 0 aromatic heterocycles. The summed E-state index contributed by atoms with van der Waals surface area (Å²) in [7, 11) is 0. The maximum Gasteiger partial charge on any atom is 0.0687 e. The normalized spacial score (nSPS) is 22.3. The fraction of sp³-hybridized carbons (Fsp3) is 0.500. The van der Waals surface area contributed by atoms with Gasteiger partial charge < -0.3 is 15.7 Å². The SMILES string of the molecule is C[C@H](O)CN1CC(N)Cc2ccccc21. The van der Waals surface area contributed by atoms with E-state index < -0.39 is 0 Å². The quantitative estimate of drug-likeness (QED) is 0.751. The number of fused-ring (bicyclic) bond motifs is 1. The van der Waals surface area contributed by atoms with Crippen LogP contribution in [-0.4, -0.2) is 30.3 Å². The number of nitrogens with two attached hydrogens (primary N) is 1. The van der Waals surface area contributed by atoms with Crippen molar-refractivity contribution in [2.75, 3.05) is 18.0 Å². The van der Waals surface area contributed by atoms with E-state index in [2.05, 4.69) is 17.0 Å². The molecule has 0 spiro atoms. The van der Waals surface area contributed by atoms with Crippen LogP contribution >= 0.6 is 0 Å². The van der Waals surface area contributed by atoms with Gasteiger partial charge in [-0.05, 0) is 25.0 Å². The van der Waals surface area contributed by atoms with Crippen LogP contribution in [0.15, 0.2) is 24.3 Å². The summed E-state index contributed by atoms with van der Waals surface area (Å²) in [5.41, 5.74) is 8.50. The molecule has 0 aliphatic carbocycles. The van der Waals surface area contributed by atoms with Gasteiger partial charge in [0.25, 0.3) is 0 Å². The first-order chi connectivity index (χ1) is 7.16. The standard InChI is InChI=1S/C12H18N2O/c1-9(15)7-14-8-11(13)6-10-4-2-3-5-12(10)14/h2-5,9,11,15H,6-8,13H2,1H3/t9-,11?/m0/s1. The average Bonchev–Trinajstić information content (AvgIpc) is 2.16. The summed E-state index contributed by atoms with van der Waals surface area (Å²) >= 11 is 0. The molecule has 3 heteroatoms. The molecular formula is C12H18N2O. The van der Waals surface area contributed by atoms with E-state index >= 15 is 0 Å². The molecule has 0 fully saturated rings. The maximum absolute atomic E-state index is 9.43. The molecule has 1 heterocycles. The summed E-state index contributed by atoms with van der Waals surface area (Å²) in [6.07, 6.45) is 0.621. The Hall–Kier alpha value is -1.06. The zero-order valence-electron chi connectivity index (χ0n) is 9.06. The molecule has 0 saturated carbocycles. The molecule has 0 saturated heterocycles. The highest BCUT2D eigenvalue weighted by molar-refractivity contribution is 5.56. The van der Waals surface area contributed by atoms with Gasteiger partial charge in [0.2, 0.25) is 0 Å². The highest BCUT2D eigenvalue weighted by Crippen LogP contribution is 2.26. The average molecular weight is 206 g/mol. The number of benzene rings is 1. The number of hydrogen-bond donors (Lipinski definition) is 2. The van der Waals surface area contributed by atoms with Gasteiger partial charge >= 0.3 is 0 Å². The number of aliphatic hydroxyl groups excluding tert-OH is 1. The molecule has 0 radical (unpaired) electrons. The van der Waals surface area contributed by atoms with Gasteiger partial charge in [0.1, 0.15) is 0 Å². The molecule has 82 valence electrons. The molecule has 15 heavy (non-hydrogen) atoms. The highest BCUT2D eigenvalue weighted by Gasteiger charge is 2.22. The van der Waals surface area contributed by atoms with Crippen molar-refractivity contribution >= 4 is 5.69 Å². The van der Waals surface area contributed by atoms with Crippen LogP contribution in [0.3, 0.4) is 0 Å².